The maximum atomic E-state index is 13.3. The fraction of sp³-hybridized carbons (Fsp3) is 0.227. The van der Waals surface area contributed by atoms with Gasteiger partial charge in [-0.05, 0) is 47.7 Å². The number of ketones is 1. The first-order valence-electron chi connectivity index (χ1n) is 9.46. The summed E-state index contributed by atoms with van der Waals surface area (Å²) in [6.07, 6.45) is 2.71. The van der Waals surface area contributed by atoms with Crippen molar-refractivity contribution in [2.75, 3.05) is 12.4 Å². The molecule has 2 aliphatic rings. The molecule has 0 saturated carbocycles. The van der Waals surface area contributed by atoms with Gasteiger partial charge in [-0.15, -0.1) is 0 Å². The van der Waals surface area contributed by atoms with E-state index in [4.69, 9.17) is 16.3 Å². The Morgan fingerprint density at radius 3 is 2.52 bits per heavy atom. The Balaban J connectivity index is 1.55. The third-order valence-electron chi connectivity index (χ3n) is 5.63. The number of carbonyl (C=O) groups excluding carboxylic acids is 1. The van der Waals surface area contributed by atoms with E-state index in [0.29, 0.717) is 17.4 Å². The number of nitrogens with zero attached hydrogens (tertiary/aromatic N) is 3. The van der Waals surface area contributed by atoms with Crippen LogP contribution in [0.1, 0.15) is 35.9 Å². The number of benzene rings is 2. The minimum Gasteiger partial charge on any atom is -0.497 e. The number of rotatable bonds is 3. The van der Waals surface area contributed by atoms with Crippen LogP contribution in [-0.2, 0) is 4.79 Å². The van der Waals surface area contributed by atoms with Crippen LogP contribution in [0.3, 0.4) is 0 Å². The summed E-state index contributed by atoms with van der Waals surface area (Å²) < 4.78 is 7.02. The predicted octanol–water partition coefficient (Wildman–Crippen LogP) is 4.36. The second-order valence-electron chi connectivity index (χ2n) is 7.30. The van der Waals surface area contributed by atoms with Gasteiger partial charge in [0.1, 0.15) is 18.1 Å². The third kappa shape index (κ3) is 3.09. The zero-order valence-electron chi connectivity index (χ0n) is 15.8. The van der Waals surface area contributed by atoms with E-state index < -0.39 is 0 Å². The van der Waals surface area contributed by atoms with Crippen molar-refractivity contribution in [2.24, 2.45) is 0 Å². The lowest BCUT2D eigenvalue weighted by Crippen LogP contribution is -2.33. The average Bonchev–Trinajstić information content (AvgIpc) is 3.21. The highest BCUT2D eigenvalue weighted by atomic mass is 35.5. The molecular formula is C22H19ClN4O2. The van der Waals surface area contributed by atoms with Gasteiger partial charge in [-0.1, -0.05) is 35.9 Å². The molecule has 2 aromatic carbocycles. The fourth-order valence-corrected chi connectivity index (χ4v) is 4.34. The number of fused-ring (bicyclic) bond motifs is 1. The molecule has 1 aliphatic carbocycles. The van der Waals surface area contributed by atoms with Crippen LogP contribution in [0.25, 0.3) is 0 Å². The van der Waals surface area contributed by atoms with Gasteiger partial charge in [-0.2, -0.15) is 10.1 Å². The van der Waals surface area contributed by atoms with Crippen molar-refractivity contribution in [1.29, 1.82) is 0 Å². The predicted molar refractivity (Wildman–Crippen MR) is 110 cm³/mol. The summed E-state index contributed by atoms with van der Waals surface area (Å²) in [5, 5.41) is 8.37. The summed E-state index contributed by atoms with van der Waals surface area (Å²) in [5.74, 6) is 1.69. The molecule has 146 valence electrons. The van der Waals surface area contributed by atoms with Crippen molar-refractivity contribution in [3.05, 3.63) is 82.3 Å². The summed E-state index contributed by atoms with van der Waals surface area (Å²) in [4.78, 5) is 17.6. The molecule has 1 aromatic heterocycles. The maximum Gasteiger partial charge on any atom is 0.226 e. The van der Waals surface area contributed by atoms with Crippen LogP contribution in [0.2, 0.25) is 5.02 Å². The molecule has 0 bridgehead atoms. The first-order chi connectivity index (χ1) is 14.1. The number of hydrogen-bond acceptors (Lipinski definition) is 5. The van der Waals surface area contributed by atoms with Crippen LogP contribution in [0.5, 0.6) is 5.75 Å². The van der Waals surface area contributed by atoms with Crippen molar-refractivity contribution in [3.63, 3.8) is 0 Å². The van der Waals surface area contributed by atoms with Crippen LogP contribution in [0, 0.1) is 0 Å². The highest BCUT2D eigenvalue weighted by Crippen LogP contribution is 2.44. The van der Waals surface area contributed by atoms with E-state index in [-0.39, 0.29) is 17.7 Å². The second kappa shape index (κ2) is 7.04. The molecule has 0 fully saturated rings. The zero-order valence-corrected chi connectivity index (χ0v) is 16.6. The number of Topliss-reactive ketones (excluding diaryl/α,β-unsaturated/α-hetero) is 1. The summed E-state index contributed by atoms with van der Waals surface area (Å²) in [7, 11) is 1.65. The molecule has 3 aromatic rings. The SMILES string of the molecule is COc1ccc([C@@H]2CC(=O)C3=C(C2)Nc2ncnn2[C@@H]3c2ccc(Cl)cc2)cc1. The number of ether oxygens (including phenoxy) is 1. The van der Waals surface area contributed by atoms with Crippen LogP contribution in [-0.4, -0.2) is 27.7 Å². The van der Waals surface area contributed by atoms with Gasteiger partial charge < -0.3 is 10.1 Å². The maximum absolute atomic E-state index is 13.3. The molecule has 29 heavy (non-hydrogen) atoms. The molecule has 2 heterocycles. The first kappa shape index (κ1) is 17.9. The lowest BCUT2D eigenvalue weighted by atomic mass is 9.78. The number of halogens is 1. The van der Waals surface area contributed by atoms with Gasteiger partial charge in [0.05, 0.1) is 7.11 Å². The molecule has 0 amide bonds. The van der Waals surface area contributed by atoms with Gasteiger partial charge in [0.2, 0.25) is 5.95 Å². The summed E-state index contributed by atoms with van der Waals surface area (Å²) in [5.41, 5.74) is 3.77. The number of allylic oxidation sites excluding steroid dienone is 2. The number of anilines is 1. The highest BCUT2D eigenvalue weighted by Gasteiger charge is 2.39. The van der Waals surface area contributed by atoms with E-state index in [9.17, 15) is 4.79 Å². The molecule has 7 heteroatoms. The quantitative estimate of drug-likeness (QED) is 0.700. The molecule has 5 rings (SSSR count). The lowest BCUT2D eigenvalue weighted by Gasteiger charge is -2.35. The van der Waals surface area contributed by atoms with Gasteiger partial charge >= 0.3 is 0 Å². The molecule has 0 saturated heterocycles. The van der Waals surface area contributed by atoms with E-state index in [1.807, 2.05) is 48.5 Å². The van der Waals surface area contributed by atoms with Crippen LogP contribution in [0.4, 0.5) is 5.95 Å². The summed E-state index contributed by atoms with van der Waals surface area (Å²) in [6.45, 7) is 0. The average molecular weight is 407 g/mol. The first-order valence-corrected chi connectivity index (χ1v) is 9.84. The standard InChI is InChI=1S/C22H19ClN4O2/c1-29-17-8-4-13(5-9-17)15-10-18-20(19(28)11-15)21(14-2-6-16(23)7-3-14)27-22(26-18)24-12-25-27/h2-9,12,15,21H,10-11H2,1H3,(H,24,25,26)/t15-,21+/m0/s1. The Bertz CT molecular complexity index is 1100. The van der Waals surface area contributed by atoms with Crippen LogP contribution < -0.4 is 10.1 Å². The molecule has 0 radical (unpaired) electrons. The minimum absolute atomic E-state index is 0.111. The van der Waals surface area contributed by atoms with Gasteiger partial charge in [0, 0.05) is 22.7 Å². The van der Waals surface area contributed by atoms with E-state index in [1.54, 1.807) is 11.8 Å². The number of nitrogens with one attached hydrogen (secondary N) is 1. The summed E-state index contributed by atoms with van der Waals surface area (Å²) in [6, 6.07) is 15.2. The summed E-state index contributed by atoms with van der Waals surface area (Å²) >= 11 is 6.07. The molecule has 1 aliphatic heterocycles. The van der Waals surface area contributed by atoms with E-state index >= 15 is 0 Å². The highest BCUT2D eigenvalue weighted by molar-refractivity contribution is 6.30. The van der Waals surface area contributed by atoms with Crippen molar-refractivity contribution < 1.29 is 9.53 Å². The number of carbonyl (C=O) groups is 1. The molecule has 0 spiro atoms. The Labute approximate surface area is 173 Å². The van der Waals surface area contributed by atoms with Gasteiger partial charge in [0.25, 0.3) is 0 Å². The van der Waals surface area contributed by atoms with Crippen molar-refractivity contribution >= 4 is 23.3 Å². The topological polar surface area (TPSA) is 69.0 Å². The Hall–Kier alpha value is -3.12. The number of aromatic nitrogens is 3. The van der Waals surface area contributed by atoms with E-state index in [1.165, 1.54) is 6.33 Å². The molecule has 2 atom stereocenters. The molecule has 1 N–H and O–H groups in total. The van der Waals surface area contributed by atoms with Crippen LogP contribution in [0.15, 0.2) is 66.1 Å². The molecule has 0 unspecified atom stereocenters. The lowest BCUT2D eigenvalue weighted by molar-refractivity contribution is -0.116. The third-order valence-corrected chi connectivity index (χ3v) is 5.89. The molecule has 6 nitrogen and oxygen atoms in total. The largest absolute Gasteiger partial charge is 0.497 e. The second-order valence-corrected chi connectivity index (χ2v) is 7.74. The minimum atomic E-state index is -0.301. The van der Waals surface area contributed by atoms with E-state index in [2.05, 4.69) is 15.4 Å². The number of hydrogen-bond donors (Lipinski definition) is 1. The molecular weight excluding hydrogens is 388 g/mol. The van der Waals surface area contributed by atoms with Gasteiger partial charge in [-0.3, -0.25) is 4.79 Å². The zero-order chi connectivity index (χ0) is 20.0. The smallest absolute Gasteiger partial charge is 0.226 e. The Kier molecular flexibility index (Phi) is 4.36. The van der Waals surface area contributed by atoms with E-state index in [0.717, 1.165) is 34.6 Å². The Morgan fingerprint density at radius 1 is 1.07 bits per heavy atom. The van der Waals surface area contributed by atoms with Crippen molar-refractivity contribution in [3.8, 4) is 5.75 Å². The van der Waals surface area contributed by atoms with Crippen LogP contribution >= 0.6 is 11.6 Å². The van der Waals surface area contributed by atoms with Crippen molar-refractivity contribution in [1.82, 2.24) is 14.8 Å². The van der Waals surface area contributed by atoms with Gasteiger partial charge in [-0.25, -0.2) is 4.68 Å². The van der Waals surface area contributed by atoms with Gasteiger partial charge in [0.15, 0.2) is 5.78 Å². The monoisotopic (exact) mass is 406 g/mol. The number of methoxy groups -OCH3 is 1. The Morgan fingerprint density at radius 2 is 1.79 bits per heavy atom. The fourth-order valence-electron chi connectivity index (χ4n) is 4.22. The normalized spacial score (nSPS) is 20.7. The van der Waals surface area contributed by atoms with Crippen molar-refractivity contribution in [2.45, 2.75) is 24.8 Å².